The smallest absolute Gasteiger partial charge is 0.308 e. The fourth-order valence-electron chi connectivity index (χ4n) is 3.98. The zero-order chi connectivity index (χ0) is 23.2. The Balaban J connectivity index is 1.31. The van der Waals surface area contributed by atoms with E-state index in [0.717, 1.165) is 11.1 Å². The van der Waals surface area contributed by atoms with Crippen molar-refractivity contribution in [3.63, 3.8) is 0 Å². The van der Waals surface area contributed by atoms with E-state index in [-0.39, 0.29) is 17.9 Å². The Hall–Kier alpha value is -3.93. The van der Waals surface area contributed by atoms with Crippen molar-refractivity contribution in [3.8, 4) is 16.9 Å². The first-order valence-electron chi connectivity index (χ1n) is 11.0. The zero-order valence-corrected chi connectivity index (χ0v) is 18.5. The highest BCUT2D eigenvalue weighted by atomic mass is 16.5. The average molecular weight is 443 g/mol. The number of rotatable bonds is 5. The molecule has 0 unspecified atom stereocenters. The van der Waals surface area contributed by atoms with Crippen molar-refractivity contribution in [1.29, 1.82) is 0 Å². The number of esters is 1. The number of likely N-dealkylation sites (tertiary alicyclic amines) is 1. The van der Waals surface area contributed by atoms with Crippen molar-refractivity contribution in [2.75, 3.05) is 13.1 Å². The summed E-state index contributed by atoms with van der Waals surface area (Å²) >= 11 is 0. The predicted octanol–water partition coefficient (Wildman–Crippen LogP) is 4.31. The van der Waals surface area contributed by atoms with E-state index in [2.05, 4.69) is 5.32 Å². The number of nitrogens with one attached hydrogen (secondary N) is 1. The summed E-state index contributed by atoms with van der Waals surface area (Å²) in [5.41, 5.74) is 3.29. The van der Waals surface area contributed by atoms with Gasteiger partial charge in [0, 0.05) is 37.2 Å². The molecule has 1 N–H and O–H groups in total. The molecule has 1 aliphatic rings. The van der Waals surface area contributed by atoms with Crippen LogP contribution in [0.5, 0.6) is 5.75 Å². The Bertz CT molecular complexity index is 1130. The van der Waals surface area contributed by atoms with Gasteiger partial charge in [-0.2, -0.15) is 0 Å². The van der Waals surface area contributed by atoms with Crippen LogP contribution in [0.1, 0.15) is 40.5 Å². The normalized spacial score (nSPS) is 13.9. The number of hydrogen-bond acceptors (Lipinski definition) is 4. The molecular weight excluding hydrogens is 416 g/mol. The van der Waals surface area contributed by atoms with Gasteiger partial charge < -0.3 is 15.0 Å². The van der Waals surface area contributed by atoms with Crippen molar-refractivity contribution < 1.29 is 19.1 Å². The van der Waals surface area contributed by atoms with Gasteiger partial charge in [0.15, 0.2) is 0 Å². The second-order valence-corrected chi connectivity index (χ2v) is 8.10. The SMILES string of the molecule is CC(=O)Oc1cccc(C(=O)NC2CCN(C(=O)c3ccc(-c4ccccc4)cc3)CC2)c1. The van der Waals surface area contributed by atoms with Crippen LogP contribution in [-0.4, -0.2) is 41.8 Å². The summed E-state index contributed by atoms with van der Waals surface area (Å²) in [6, 6.07) is 24.3. The summed E-state index contributed by atoms with van der Waals surface area (Å²) in [5, 5.41) is 3.02. The van der Waals surface area contributed by atoms with Crippen molar-refractivity contribution in [3.05, 3.63) is 90.0 Å². The minimum Gasteiger partial charge on any atom is -0.427 e. The van der Waals surface area contributed by atoms with Crippen LogP contribution in [-0.2, 0) is 4.79 Å². The lowest BCUT2D eigenvalue weighted by atomic mass is 10.0. The van der Waals surface area contributed by atoms with Crippen molar-refractivity contribution in [1.82, 2.24) is 10.2 Å². The minimum atomic E-state index is -0.431. The summed E-state index contributed by atoms with van der Waals surface area (Å²) in [6.45, 7) is 2.48. The summed E-state index contributed by atoms with van der Waals surface area (Å²) in [6.07, 6.45) is 1.37. The third kappa shape index (κ3) is 5.66. The van der Waals surface area contributed by atoms with Crippen LogP contribution < -0.4 is 10.1 Å². The predicted molar refractivity (Wildman–Crippen MR) is 126 cm³/mol. The number of benzene rings is 3. The molecule has 0 bridgehead atoms. The number of amides is 2. The summed E-state index contributed by atoms with van der Waals surface area (Å²) in [7, 11) is 0. The average Bonchev–Trinajstić information content (AvgIpc) is 2.84. The molecule has 0 aromatic heterocycles. The number of carbonyl (C=O) groups excluding carboxylic acids is 3. The molecule has 0 radical (unpaired) electrons. The number of carbonyl (C=O) groups is 3. The maximum atomic E-state index is 12.9. The van der Waals surface area contributed by atoms with E-state index in [9.17, 15) is 14.4 Å². The molecule has 1 saturated heterocycles. The zero-order valence-electron chi connectivity index (χ0n) is 18.5. The van der Waals surface area contributed by atoms with Gasteiger partial charge in [-0.1, -0.05) is 48.5 Å². The standard InChI is InChI=1S/C27H26N2O4/c1-19(30)33-25-9-5-8-23(18-25)26(31)28-24-14-16-29(17-15-24)27(32)22-12-10-21(11-13-22)20-6-3-2-4-7-20/h2-13,18,24H,14-17H2,1H3,(H,28,31). The molecule has 0 saturated carbocycles. The third-order valence-corrected chi connectivity index (χ3v) is 5.71. The quantitative estimate of drug-likeness (QED) is 0.472. The lowest BCUT2D eigenvalue weighted by molar-refractivity contribution is -0.131. The molecule has 1 aliphatic heterocycles. The number of nitrogens with zero attached hydrogens (tertiary/aromatic N) is 1. The van der Waals surface area contributed by atoms with E-state index in [1.54, 1.807) is 24.3 Å². The summed E-state index contributed by atoms with van der Waals surface area (Å²) < 4.78 is 5.05. The molecule has 4 rings (SSSR count). The van der Waals surface area contributed by atoms with Crippen molar-refractivity contribution >= 4 is 17.8 Å². The van der Waals surface area contributed by atoms with Crippen LogP contribution >= 0.6 is 0 Å². The summed E-state index contributed by atoms with van der Waals surface area (Å²) in [4.78, 5) is 38.5. The fraction of sp³-hybridized carbons (Fsp3) is 0.222. The monoisotopic (exact) mass is 442 g/mol. The van der Waals surface area contributed by atoms with Crippen molar-refractivity contribution in [2.24, 2.45) is 0 Å². The van der Waals surface area contributed by atoms with E-state index in [1.807, 2.05) is 59.5 Å². The van der Waals surface area contributed by atoms with Crippen LogP contribution in [0.2, 0.25) is 0 Å². The number of hydrogen-bond donors (Lipinski definition) is 1. The highest BCUT2D eigenvalue weighted by Crippen LogP contribution is 2.21. The van der Waals surface area contributed by atoms with Crippen LogP contribution in [0, 0.1) is 0 Å². The third-order valence-electron chi connectivity index (χ3n) is 5.71. The van der Waals surface area contributed by atoms with E-state index < -0.39 is 5.97 Å². The molecule has 3 aromatic carbocycles. The van der Waals surface area contributed by atoms with Gasteiger partial charge in [0.25, 0.3) is 11.8 Å². The maximum Gasteiger partial charge on any atom is 0.308 e. The molecule has 2 amide bonds. The Kier molecular flexibility index (Phi) is 6.83. The highest BCUT2D eigenvalue weighted by molar-refractivity contribution is 5.95. The first-order chi connectivity index (χ1) is 16.0. The van der Waals surface area contributed by atoms with E-state index >= 15 is 0 Å². The topological polar surface area (TPSA) is 75.7 Å². The fourth-order valence-corrected chi connectivity index (χ4v) is 3.98. The molecule has 0 spiro atoms. The van der Waals surface area contributed by atoms with Gasteiger partial charge in [-0.05, 0) is 54.3 Å². The first kappa shape index (κ1) is 22.3. The van der Waals surface area contributed by atoms with Gasteiger partial charge >= 0.3 is 5.97 Å². The van der Waals surface area contributed by atoms with Crippen LogP contribution in [0.15, 0.2) is 78.9 Å². The van der Waals surface area contributed by atoms with Gasteiger partial charge in [0.2, 0.25) is 0 Å². The molecule has 33 heavy (non-hydrogen) atoms. The van der Waals surface area contributed by atoms with E-state index in [4.69, 9.17) is 4.74 Å². The Labute approximate surface area is 193 Å². The van der Waals surface area contributed by atoms with Gasteiger partial charge in [-0.3, -0.25) is 14.4 Å². The lowest BCUT2D eigenvalue weighted by Gasteiger charge is -2.32. The van der Waals surface area contributed by atoms with Crippen LogP contribution in [0.3, 0.4) is 0 Å². The van der Waals surface area contributed by atoms with Crippen molar-refractivity contribution in [2.45, 2.75) is 25.8 Å². The Morgan fingerprint density at radius 2 is 1.48 bits per heavy atom. The van der Waals surface area contributed by atoms with E-state index in [1.165, 1.54) is 6.92 Å². The van der Waals surface area contributed by atoms with E-state index in [0.29, 0.717) is 42.8 Å². The van der Waals surface area contributed by atoms with Gasteiger partial charge in [-0.25, -0.2) is 0 Å². The van der Waals surface area contributed by atoms with Gasteiger partial charge in [0.1, 0.15) is 5.75 Å². The molecule has 1 heterocycles. The molecule has 0 aliphatic carbocycles. The molecule has 0 atom stereocenters. The van der Waals surface area contributed by atoms with Crippen LogP contribution in [0.25, 0.3) is 11.1 Å². The van der Waals surface area contributed by atoms with Gasteiger partial charge in [0.05, 0.1) is 0 Å². The maximum absolute atomic E-state index is 12.9. The highest BCUT2D eigenvalue weighted by Gasteiger charge is 2.25. The molecule has 1 fully saturated rings. The molecule has 3 aromatic rings. The lowest BCUT2D eigenvalue weighted by Crippen LogP contribution is -2.46. The largest absolute Gasteiger partial charge is 0.427 e. The first-order valence-corrected chi connectivity index (χ1v) is 11.0. The van der Waals surface area contributed by atoms with Gasteiger partial charge in [-0.15, -0.1) is 0 Å². The molecule has 6 heteroatoms. The second-order valence-electron chi connectivity index (χ2n) is 8.10. The summed E-state index contributed by atoms with van der Waals surface area (Å²) in [5.74, 6) is -0.299. The molecular formula is C27H26N2O4. The molecule has 168 valence electrons. The minimum absolute atomic E-state index is 0.00784. The Morgan fingerprint density at radius 1 is 0.818 bits per heavy atom. The number of piperidine rings is 1. The second kappa shape index (κ2) is 10.1. The number of ether oxygens (including phenoxy) is 1. The molecule has 6 nitrogen and oxygen atoms in total. The Morgan fingerprint density at radius 3 is 2.15 bits per heavy atom. The van der Waals surface area contributed by atoms with Crippen LogP contribution in [0.4, 0.5) is 0 Å².